The van der Waals surface area contributed by atoms with E-state index in [1.807, 2.05) is 59.7 Å². The van der Waals surface area contributed by atoms with E-state index in [-0.39, 0.29) is 6.04 Å². The summed E-state index contributed by atoms with van der Waals surface area (Å²) < 4.78 is 0. The second kappa shape index (κ2) is 11.4. The molecule has 23 heavy (non-hydrogen) atoms. The number of carboxylic acid groups (broad SMARTS) is 1. The van der Waals surface area contributed by atoms with Crippen LogP contribution >= 0.6 is 0 Å². The molecule has 1 heterocycles. The van der Waals surface area contributed by atoms with Crippen LogP contribution < -0.4 is 5.32 Å². The van der Waals surface area contributed by atoms with Crippen LogP contribution in [0, 0.1) is 0 Å². The molecule has 3 N–H and O–H groups in total. The van der Waals surface area contributed by atoms with Gasteiger partial charge in [-0.25, -0.2) is 9.78 Å². The van der Waals surface area contributed by atoms with Gasteiger partial charge in [0.1, 0.15) is 5.82 Å². The Balaban J connectivity index is 0.00000112. The molecule has 0 aliphatic carbocycles. The zero-order chi connectivity index (χ0) is 17.8. The number of carboxylic acids is 1. The average molecular weight is 319 g/mol. The van der Waals surface area contributed by atoms with Crippen LogP contribution in [0.25, 0.3) is 17.1 Å². The SMILES string of the molecule is CC.CC.CCNC(C)c1nc2ccc(/C=C/C(=O)O)cc2[nH]1. The van der Waals surface area contributed by atoms with E-state index in [9.17, 15) is 4.79 Å². The molecule has 0 aliphatic heterocycles. The molecule has 1 aromatic heterocycles. The average Bonchev–Trinajstić information content (AvgIpc) is 3.00. The first-order valence-corrected chi connectivity index (χ1v) is 8.24. The fourth-order valence-electron chi connectivity index (χ4n) is 1.93. The highest BCUT2D eigenvalue weighted by atomic mass is 16.4. The van der Waals surface area contributed by atoms with Gasteiger partial charge in [0.2, 0.25) is 0 Å². The number of hydrogen-bond donors (Lipinski definition) is 3. The number of fused-ring (bicyclic) bond motifs is 1. The highest BCUT2D eigenvalue weighted by Gasteiger charge is 2.09. The molecular weight excluding hydrogens is 290 g/mol. The molecular formula is C18H29N3O2. The van der Waals surface area contributed by atoms with E-state index in [0.29, 0.717) is 0 Å². The topological polar surface area (TPSA) is 78.0 Å². The highest BCUT2D eigenvalue weighted by molar-refractivity contribution is 5.86. The van der Waals surface area contributed by atoms with Gasteiger partial charge in [-0.2, -0.15) is 0 Å². The van der Waals surface area contributed by atoms with Crippen molar-refractivity contribution in [3.05, 3.63) is 35.7 Å². The van der Waals surface area contributed by atoms with Gasteiger partial charge in [-0.05, 0) is 37.2 Å². The number of imidazole rings is 1. The Bertz CT molecular complexity index is 618. The van der Waals surface area contributed by atoms with E-state index in [1.54, 1.807) is 6.08 Å². The summed E-state index contributed by atoms with van der Waals surface area (Å²) in [5.41, 5.74) is 2.63. The van der Waals surface area contributed by atoms with Gasteiger partial charge in [0.15, 0.2) is 0 Å². The summed E-state index contributed by atoms with van der Waals surface area (Å²) in [5, 5.41) is 11.9. The summed E-state index contributed by atoms with van der Waals surface area (Å²) in [4.78, 5) is 18.2. The number of H-pyrrole nitrogens is 1. The van der Waals surface area contributed by atoms with Gasteiger partial charge in [0, 0.05) is 6.08 Å². The predicted molar refractivity (Wildman–Crippen MR) is 97.6 cm³/mol. The molecule has 0 fully saturated rings. The van der Waals surface area contributed by atoms with E-state index < -0.39 is 5.97 Å². The summed E-state index contributed by atoms with van der Waals surface area (Å²) in [6, 6.07) is 5.79. The van der Waals surface area contributed by atoms with Gasteiger partial charge in [-0.3, -0.25) is 0 Å². The molecule has 0 saturated carbocycles. The van der Waals surface area contributed by atoms with Crippen molar-refractivity contribution >= 4 is 23.1 Å². The molecule has 0 aliphatic rings. The lowest BCUT2D eigenvalue weighted by Gasteiger charge is -2.07. The largest absolute Gasteiger partial charge is 0.478 e. The maximum Gasteiger partial charge on any atom is 0.328 e. The summed E-state index contributed by atoms with van der Waals surface area (Å²) in [6.07, 6.45) is 2.69. The first-order valence-electron chi connectivity index (χ1n) is 8.24. The third-order valence-electron chi connectivity index (χ3n) is 2.86. The monoisotopic (exact) mass is 319 g/mol. The molecule has 128 valence electrons. The number of benzene rings is 1. The van der Waals surface area contributed by atoms with Crippen LogP contribution in [0.3, 0.4) is 0 Å². The Morgan fingerprint density at radius 2 is 2.00 bits per heavy atom. The van der Waals surface area contributed by atoms with Crippen LogP contribution in [-0.2, 0) is 4.79 Å². The first kappa shape index (κ1) is 20.9. The number of nitrogens with one attached hydrogen (secondary N) is 2. The maximum atomic E-state index is 10.5. The zero-order valence-electron chi connectivity index (χ0n) is 15.0. The summed E-state index contributed by atoms with van der Waals surface area (Å²) in [6.45, 7) is 13.0. The molecule has 1 atom stereocenters. The highest BCUT2D eigenvalue weighted by Crippen LogP contribution is 2.18. The molecule has 2 rings (SSSR count). The molecule has 5 nitrogen and oxygen atoms in total. The van der Waals surface area contributed by atoms with Gasteiger partial charge in [0.05, 0.1) is 17.1 Å². The molecule has 0 spiro atoms. The smallest absolute Gasteiger partial charge is 0.328 e. The molecule has 0 radical (unpaired) electrons. The molecule has 0 saturated heterocycles. The van der Waals surface area contributed by atoms with E-state index >= 15 is 0 Å². The molecule has 0 amide bonds. The van der Waals surface area contributed by atoms with Crippen molar-refractivity contribution in [2.45, 2.75) is 47.6 Å². The van der Waals surface area contributed by atoms with Gasteiger partial charge in [-0.1, -0.05) is 40.7 Å². The molecule has 1 aromatic carbocycles. The minimum Gasteiger partial charge on any atom is -0.478 e. The normalized spacial score (nSPS) is 11.4. The third kappa shape index (κ3) is 6.65. The second-order valence-electron chi connectivity index (χ2n) is 4.35. The van der Waals surface area contributed by atoms with Crippen LogP contribution in [0.1, 0.15) is 59.0 Å². The summed E-state index contributed by atoms with van der Waals surface area (Å²) in [5.74, 6) is -0.0672. The summed E-state index contributed by atoms with van der Waals surface area (Å²) in [7, 11) is 0. The number of carbonyl (C=O) groups is 1. The molecule has 5 heteroatoms. The predicted octanol–water partition coefficient (Wildman–Crippen LogP) is 4.38. The molecule has 0 bridgehead atoms. The fourth-order valence-corrected chi connectivity index (χ4v) is 1.93. The first-order chi connectivity index (χ1) is 11.1. The van der Waals surface area contributed by atoms with Crippen molar-refractivity contribution in [2.24, 2.45) is 0 Å². The van der Waals surface area contributed by atoms with Crippen molar-refractivity contribution in [1.29, 1.82) is 0 Å². The van der Waals surface area contributed by atoms with E-state index in [1.165, 1.54) is 0 Å². The van der Waals surface area contributed by atoms with Crippen LogP contribution in [-0.4, -0.2) is 27.6 Å². The summed E-state index contributed by atoms with van der Waals surface area (Å²) >= 11 is 0. The standard InChI is InChI=1S/C14H17N3O2.2C2H6/c1-3-15-9(2)14-16-11-6-4-10(5-7-13(18)19)8-12(11)17-14;2*1-2/h4-9,15H,3H2,1-2H3,(H,16,17)(H,18,19);2*1-2H3/b7-5+;;. The lowest BCUT2D eigenvalue weighted by molar-refractivity contribution is -0.131. The Kier molecular flexibility index (Phi) is 10.4. The van der Waals surface area contributed by atoms with Crippen LogP contribution in [0.2, 0.25) is 0 Å². The van der Waals surface area contributed by atoms with Gasteiger partial charge in [0.25, 0.3) is 0 Å². The van der Waals surface area contributed by atoms with Gasteiger partial charge >= 0.3 is 5.97 Å². The molecule has 1 unspecified atom stereocenters. The van der Waals surface area contributed by atoms with Crippen molar-refractivity contribution in [3.63, 3.8) is 0 Å². The maximum absolute atomic E-state index is 10.5. The van der Waals surface area contributed by atoms with E-state index in [4.69, 9.17) is 5.11 Å². The number of rotatable bonds is 5. The minimum atomic E-state index is -0.953. The zero-order valence-corrected chi connectivity index (χ0v) is 15.0. The minimum absolute atomic E-state index is 0.162. The second-order valence-corrected chi connectivity index (χ2v) is 4.35. The van der Waals surface area contributed by atoms with Crippen molar-refractivity contribution < 1.29 is 9.90 Å². The van der Waals surface area contributed by atoms with Gasteiger partial charge < -0.3 is 15.4 Å². The lowest BCUT2D eigenvalue weighted by atomic mass is 10.2. The number of aliphatic carboxylic acids is 1. The number of hydrogen-bond acceptors (Lipinski definition) is 3. The van der Waals surface area contributed by atoms with Crippen molar-refractivity contribution in [2.75, 3.05) is 6.54 Å². The lowest BCUT2D eigenvalue weighted by Crippen LogP contribution is -2.18. The van der Waals surface area contributed by atoms with Crippen molar-refractivity contribution in [3.8, 4) is 0 Å². The van der Waals surface area contributed by atoms with Crippen LogP contribution in [0.4, 0.5) is 0 Å². The Hall–Kier alpha value is -2.14. The Morgan fingerprint density at radius 1 is 1.35 bits per heavy atom. The van der Waals surface area contributed by atoms with Gasteiger partial charge in [-0.15, -0.1) is 0 Å². The number of aromatic nitrogens is 2. The Labute approximate surface area is 138 Å². The number of aromatic amines is 1. The third-order valence-corrected chi connectivity index (χ3v) is 2.86. The fraction of sp³-hybridized carbons (Fsp3) is 0.444. The number of nitrogens with zero attached hydrogens (tertiary/aromatic N) is 1. The quantitative estimate of drug-likeness (QED) is 0.714. The molecule has 2 aromatic rings. The van der Waals surface area contributed by atoms with Crippen LogP contribution in [0.5, 0.6) is 0 Å². The van der Waals surface area contributed by atoms with Crippen molar-refractivity contribution in [1.82, 2.24) is 15.3 Å². The van der Waals surface area contributed by atoms with E-state index in [2.05, 4.69) is 15.3 Å². The van der Waals surface area contributed by atoms with Crippen LogP contribution in [0.15, 0.2) is 24.3 Å². The Morgan fingerprint density at radius 3 is 2.57 bits per heavy atom. The van der Waals surface area contributed by atoms with E-state index in [0.717, 1.165) is 35.0 Å².